The zero-order valence-corrected chi connectivity index (χ0v) is 15.0. The molecule has 116 valence electrons. The maximum atomic E-state index is 10.1. The number of benzene rings is 2. The second-order valence-electron chi connectivity index (χ2n) is 4.65. The SMILES string of the molecule is Clc1cccc(C2SCCCS2)c1.O=Cc1cccc(Cl)c1. The summed E-state index contributed by atoms with van der Waals surface area (Å²) < 4.78 is 0.604. The topological polar surface area (TPSA) is 17.1 Å². The molecule has 1 heterocycles. The van der Waals surface area contributed by atoms with Crippen molar-refractivity contribution in [2.75, 3.05) is 11.5 Å². The predicted octanol–water partition coefficient (Wildman–Crippen LogP) is 6.36. The lowest BCUT2D eigenvalue weighted by molar-refractivity contribution is 0.112. The van der Waals surface area contributed by atoms with Gasteiger partial charge in [0.1, 0.15) is 6.29 Å². The molecule has 1 aliphatic rings. The van der Waals surface area contributed by atoms with Gasteiger partial charge in [0, 0.05) is 15.6 Å². The van der Waals surface area contributed by atoms with Gasteiger partial charge in [0.15, 0.2) is 0 Å². The number of carbonyl (C=O) groups is 1. The Hall–Kier alpha value is -0.610. The molecule has 0 aromatic heterocycles. The predicted molar refractivity (Wildman–Crippen MR) is 101 cm³/mol. The first-order valence-electron chi connectivity index (χ1n) is 6.88. The Labute approximate surface area is 149 Å². The monoisotopic (exact) mass is 370 g/mol. The highest BCUT2D eigenvalue weighted by Gasteiger charge is 2.16. The van der Waals surface area contributed by atoms with Gasteiger partial charge in [-0.25, -0.2) is 0 Å². The summed E-state index contributed by atoms with van der Waals surface area (Å²) in [4.78, 5) is 10.1. The lowest BCUT2D eigenvalue weighted by Crippen LogP contribution is -1.99. The van der Waals surface area contributed by atoms with Gasteiger partial charge >= 0.3 is 0 Å². The van der Waals surface area contributed by atoms with Crippen molar-refractivity contribution in [3.8, 4) is 0 Å². The van der Waals surface area contributed by atoms with E-state index in [-0.39, 0.29) is 0 Å². The fraction of sp³-hybridized carbons (Fsp3) is 0.235. The van der Waals surface area contributed by atoms with Gasteiger partial charge in [-0.15, -0.1) is 23.5 Å². The Morgan fingerprint density at radius 1 is 0.955 bits per heavy atom. The molecule has 1 aliphatic heterocycles. The van der Waals surface area contributed by atoms with Crippen molar-refractivity contribution in [1.82, 2.24) is 0 Å². The minimum Gasteiger partial charge on any atom is -0.298 e. The summed E-state index contributed by atoms with van der Waals surface area (Å²) in [5.74, 6) is 2.56. The zero-order valence-electron chi connectivity index (χ0n) is 11.9. The van der Waals surface area contributed by atoms with Crippen LogP contribution in [-0.2, 0) is 0 Å². The van der Waals surface area contributed by atoms with Crippen LogP contribution in [-0.4, -0.2) is 17.8 Å². The third-order valence-corrected chi connectivity index (χ3v) is 6.42. The van der Waals surface area contributed by atoms with Crippen molar-refractivity contribution in [3.63, 3.8) is 0 Å². The number of carbonyl (C=O) groups excluding carboxylic acids is 1. The van der Waals surface area contributed by atoms with Crippen LogP contribution in [0.3, 0.4) is 0 Å². The van der Waals surface area contributed by atoms with Crippen LogP contribution in [0.5, 0.6) is 0 Å². The van der Waals surface area contributed by atoms with Gasteiger partial charge in [-0.1, -0.05) is 47.5 Å². The smallest absolute Gasteiger partial charge is 0.150 e. The molecule has 5 heteroatoms. The number of aldehydes is 1. The molecule has 1 saturated heterocycles. The van der Waals surface area contributed by atoms with Gasteiger partial charge < -0.3 is 0 Å². The molecule has 0 spiro atoms. The lowest BCUT2D eigenvalue weighted by atomic mass is 10.2. The third kappa shape index (κ3) is 5.88. The summed E-state index contributed by atoms with van der Waals surface area (Å²) in [5.41, 5.74) is 1.98. The first-order chi connectivity index (χ1) is 10.7. The van der Waals surface area contributed by atoms with Crippen LogP contribution >= 0.6 is 46.7 Å². The zero-order chi connectivity index (χ0) is 15.8. The Morgan fingerprint density at radius 3 is 2.14 bits per heavy atom. The number of halogens is 2. The minimum atomic E-state index is 0.597. The normalized spacial score (nSPS) is 14.8. The Morgan fingerprint density at radius 2 is 1.59 bits per heavy atom. The maximum Gasteiger partial charge on any atom is 0.150 e. The molecule has 0 bridgehead atoms. The molecule has 0 amide bonds. The largest absolute Gasteiger partial charge is 0.298 e. The Kier molecular flexibility index (Phi) is 7.67. The summed E-state index contributed by atoms with van der Waals surface area (Å²) in [6, 6.07) is 15.0. The average Bonchev–Trinajstić information content (AvgIpc) is 2.56. The summed E-state index contributed by atoms with van der Waals surface area (Å²) in [5, 5.41) is 1.45. The van der Waals surface area contributed by atoms with Crippen molar-refractivity contribution >= 4 is 53.0 Å². The minimum absolute atomic E-state index is 0.597. The number of hydrogen-bond donors (Lipinski definition) is 0. The van der Waals surface area contributed by atoms with E-state index in [4.69, 9.17) is 23.2 Å². The van der Waals surface area contributed by atoms with E-state index in [9.17, 15) is 4.79 Å². The fourth-order valence-electron chi connectivity index (χ4n) is 1.91. The molecule has 0 aliphatic carbocycles. The molecule has 2 aromatic carbocycles. The molecular formula is C17H16Cl2OS2. The molecule has 3 rings (SSSR count). The van der Waals surface area contributed by atoms with E-state index in [2.05, 4.69) is 12.1 Å². The highest BCUT2D eigenvalue weighted by atomic mass is 35.5. The van der Waals surface area contributed by atoms with Gasteiger partial charge in [-0.2, -0.15) is 0 Å². The summed E-state index contributed by atoms with van der Waals surface area (Å²) >= 11 is 15.6. The van der Waals surface area contributed by atoms with E-state index in [0.29, 0.717) is 15.2 Å². The summed E-state index contributed by atoms with van der Waals surface area (Å²) in [6.45, 7) is 0. The number of thioether (sulfide) groups is 2. The van der Waals surface area contributed by atoms with Crippen LogP contribution in [0.1, 0.15) is 26.9 Å². The van der Waals surface area contributed by atoms with E-state index in [1.54, 1.807) is 24.3 Å². The van der Waals surface area contributed by atoms with Gasteiger partial charge in [0.25, 0.3) is 0 Å². The average molecular weight is 371 g/mol. The van der Waals surface area contributed by atoms with Crippen molar-refractivity contribution in [2.45, 2.75) is 11.0 Å². The van der Waals surface area contributed by atoms with Crippen LogP contribution in [0.15, 0.2) is 48.5 Å². The van der Waals surface area contributed by atoms with Crippen molar-refractivity contribution < 1.29 is 4.79 Å². The van der Waals surface area contributed by atoms with Crippen molar-refractivity contribution in [2.24, 2.45) is 0 Å². The van der Waals surface area contributed by atoms with Gasteiger partial charge in [-0.3, -0.25) is 4.79 Å². The van der Waals surface area contributed by atoms with E-state index in [1.807, 2.05) is 35.7 Å². The molecule has 0 radical (unpaired) electrons. The molecule has 1 fully saturated rings. The number of rotatable bonds is 2. The van der Waals surface area contributed by atoms with Crippen molar-refractivity contribution in [3.05, 3.63) is 69.7 Å². The second-order valence-corrected chi connectivity index (χ2v) is 8.25. The van der Waals surface area contributed by atoms with E-state index >= 15 is 0 Å². The second kappa shape index (κ2) is 9.51. The van der Waals surface area contributed by atoms with Gasteiger partial charge in [0.2, 0.25) is 0 Å². The fourth-order valence-corrected chi connectivity index (χ4v) is 5.18. The quantitative estimate of drug-likeness (QED) is 0.572. The molecule has 0 N–H and O–H groups in total. The third-order valence-electron chi connectivity index (χ3n) is 2.93. The lowest BCUT2D eigenvalue weighted by Gasteiger charge is -2.21. The number of hydrogen-bond acceptors (Lipinski definition) is 3. The molecule has 22 heavy (non-hydrogen) atoms. The molecule has 1 nitrogen and oxygen atoms in total. The van der Waals surface area contributed by atoms with E-state index in [1.165, 1.54) is 23.5 Å². The van der Waals surface area contributed by atoms with Crippen LogP contribution in [0.25, 0.3) is 0 Å². The first-order valence-corrected chi connectivity index (χ1v) is 9.74. The standard InChI is InChI=1S/C10H11ClS2.C7H5ClO/c11-9-4-1-3-8(7-9)10-12-5-2-6-13-10;8-7-3-1-2-6(4-7)5-9/h1,3-4,7,10H,2,5-6H2;1-5H. The maximum absolute atomic E-state index is 10.1. The van der Waals surface area contributed by atoms with Crippen LogP contribution < -0.4 is 0 Å². The highest BCUT2D eigenvalue weighted by Crippen LogP contribution is 2.43. The molecule has 0 saturated carbocycles. The molecular weight excluding hydrogens is 355 g/mol. The first kappa shape index (κ1) is 17.7. The van der Waals surface area contributed by atoms with E-state index < -0.39 is 0 Å². The highest BCUT2D eigenvalue weighted by molar-refractivity contribution is 8.16. The van der Waals surface area contributed by atoms with Crippen LogP contribution in [0, 0.1) is 0 Å². The van der Waals surface area contributed by atoms with Crippen molar-refractivity contribution in [1.29, 1.82) is 0 Å². The summed E-state index contributed by atoms with van der Waals surface area (Å²) in [7, 11) is 0. The Balaban J connectivity index is 0.000000172. The molecule has 2 aromatic rings. The van der Waals surface area contributed by atoms with E-state index in [0.717, 1.165) is 11.3 Å². The van der Waals surface area contributed by atoms with Gasteiger partial charge in [-0.05, 0) is 47.8 Å². The van der Waals surface area contributed by atoms with Crippen LogP contribution in [0.2, 0.25) is 10.0 Å². The van der Waals surface area contributed by atoms with Gasteiger partial charge in [0.05, 0.1) is 4.58 Å². The van der Waals surface area contributed by atoms with Crippen LogP contribution in [0.4, 0.5) is 0 Å². The Bertz CT molecular complexity index is 613. The molecule has 0 unspecified atom stereocenters. The summed E-state index contributed by atoms with van der Waals surface area (Å²) in [6.07, 6.45) is 2.11. The molecule has 0 atom stereocenters.